The van der Waals surface area contributed by atoms with Gasteiger partial charge < -0.3 is 20.1 Å². The Morgan fingerprint density at radius 3 is 2.89 bits per heavy atom. The van der Waals surface area contributed by atoms with Gasteiger partial charge in [-0.25, -0.2) is 14.4 Å². The summed E-state index contributed by atoms with van der Waals surface area (Å²) in [6.07, 6.45) is 8.10. The summed E-state index contributed by atoms with van der Waals surface area (Å²) in [6.45, 7) is 2.73. The SMILES string of the molecule is CN(CC=CC(=O)Nc1cc2c(Nc3ccc(F)c(Cl)c3)ncnc2cc1OCC1CC1)C1CCOC1. The van der Waals surface area contributed by atoms with Crippen LogP contribution in [0.4, 0.5) is 21.6 Å². The molecule has 2 heterocycles. The van der Waals surface area contributed by atoms with E-state index in [1.807, 2.05) is 13.1 Å². The molecule has 1 aliphatic carbocycles. The summed E-state index contributed by atoms with van der Waals surface area (Å²) in [6, 6.07) is 8.31. The number of halogens is 2. The molecule has 1 aliphatic heterocycles. The van der Waals surface area contributed by atoms with Gasteiger partial charge in [-0.1, -0.05) is 17.7 Å². The van der Waals surface area contributed by atoms with Crippen molar-refractivity contribution in [2.75, 3.05) is 44.0 Å². The minimum atomic E-state index is -0.502. The molecule has 194 valence electrons. The van der Waals surface area contributed by atoms with E-state index in [0.717, 1.165) is 32.5 Å². The van der Waals surface area contributed by atoms with Crippen molar-refractivity contribution in [1.29, 1.82) is 0 Å². The lowest BCUT2D eigenvalue weighted by molar-refractivity contribution is -0.111. The number of nitrogens with one attached hydrogen (secondary N) is 2. The highest BCUT2D eigenvalue weighted by Crippen LogP contribution is 2.36. The number of anilines is 3. The van der Waals surface area contributed by atoms with Crippen LogP contribution in [0, 0.1) is 11.7 Å². The summed E-state index contributed by atoms with van der Waals surface area (Å²) in [5.74, 6) is 0.824. The zero-order valence-corrected chi connectivity index (χ0v) is 21.3. The maximum absolute atomic E-state index is 13.6. The maximum atomic E-state index is 13.6. The molecule has 2 aromatic carbocycles. The molecule has 2 N–H and O–H groups in total. The standard InChI is InChI=1S/C27H29ClFN5O3/c1-34(19-8-10-36-15-19)9-2-3-26(35)33-24-12-20-23(13-25(24)37-14-17-4-5-17)30-16-31-27(20)32-18-6-7-22(29)21(28)11-18/h2-3,6-7,11-13,16-17,19H,4-5,8-10,14-15H2,1H3,(H,33,35)(H,30,31,32). The number of ether oxygens (including phenoxy) is 2. The van der Waals surface area contributed by atoms with Crippen molar-refractivity contribution in [2.24, 2.45) is 5.92 Å². The van der Waals surface area contributed by atoms with E-state index >= 15 is 0 Å². The van der Waals surface area contributed by atoms with Crippen LogP contribution >= 0.6 is 11.6 Å². The molecule has 0 spiro atoms. The van der Waals surface area contributed by atoms with Crippen molar-refractivity contribution in [2.45, 2.75) is 25.3 Å². The lowest BCUT2D eigenvalue weighted by Crippen LogP contribution is -2.32. The number of fused-ring (bicyclic) bond motifs is 1. The van der Waals surface area contributed by atoms with Crippen LogP contribution in [0.2, 0.25) is 5.02 Å². The lowest BCUT2D eigenvalue weighted by atomic mass is 10.1. The fourth-order valence-corrected chi connectivity index (χ4v) is 4.30. The van der Waals surface area contributed by atoms with Gasteiger partial charge in [0.05, 0.1) is 29.4 Å². The number of hydrogen-bond acceptors (Lipinski definition) is 7. The summed E-state index contributed by atoms with van der Waals surface area (Å²) in [5, 5.41) is 6.79. The number of benzene rings is 2. The predicted molar refractivity (Wildman–Crippen MR) is 142 cm³/mol. The number of likely N-dealkylation sites (N-methyl/N-ethyl adjacent to an activating group) is 1. The van der Waals surface area contributed by atoms with Gasteiger partial charge in [-0.2, -0.15) is 0 Å². The van der Waals surface area contributed by atoms with Crippen LogP contribution in [0.15, 0.2) is 48.8 Å². The highest BCUT2D eigenvalue weighted by molar-refractivity contribution is 6.31. The van der Waals surface area contributed by atoms with Gasteiger partial charge in [0.2, 0.25) is 5.91 Å². The fourth-order valence-electron chi connectivity index (χ4n) is 4.12. The first-order valence-electron chi connectivity index (χ1n) is 12.4. The van der Waals surface area contributed by atoms with Crippen molar-refractivity contribution in [3.8, 4) is 5.75 Å². The van der Waals surface area contributed by atoms with E-state index in [2.05, 4.69) is 25.5 Å². The van der Waals surface area contributed by atoms with E-state index < -0.39 is 5.82 Å². The molecule has 1 unspecified atom stereocenters. The summed E-state index contributed by atoms with van der Waals surface area (Å²) in [7, 11) is 2.03. The average molecular weight is 526 g/mol. The first-order valence-corrected chi connectivity index (χ1v) is 12.7. The smallest absolute Gasteiger partial charge is 0.248 e. The third-order valence-corrected chi connectivity index (χ3v) is 6.83. The van der Waals surface area contributed by atoms with Gasteiger partial charge in [-0.05, 0) is 56.5 Å². The summed E-state index contributed by atoms with van der Waals surface area (Å²) in [5.41, 5.74) is 1.74. The van der Waals surface area contributed by atoms with Gasteiger partial charge in [0.15, 0.2) is 0 Å². The highest BCUT2D eigenvalue weighted by Gasteiger charge is 2.23. The van der Waals surface area contributed by atoms with E-state index in [0.29, 0.717) is 59.0 Å². The molecule has 3 aromatic rings. The summed E-state index contributed by atoms with van der Waals surface area (Å²) < 4.78 is 25.1. The van der Waals surface area contributed by atoms with Crippen molar-refractivity contribution in [3.05, 3.63) is 59.7 Å². The minimum absolute atomic E-state index is 0.00460. The van der Waals surface area contributed by atoms with E-state index in [9.17, 15) is 9.18 Å². The molecule has 0 radical (unpaired) electrons. The van der Waals surface area contributed by atoms with Crippen molar-refractivity contribution in [1.82, 2.24) is 14.9 Å². The summed E-state index contributed by atoms with van der Waals surface area (Å²) >= 11 is 5.94. The zero-order valence-electron chi connectivity index (χ0n) is 20.5. The molecule has 37 heavy (non-hydrogen) atoms. The molecule has 1 saturated carbocycles. The van der Waals surface area contributed by atoms with Crippen LogP contribution in [0.3, 0.4) is 0 Å². The predicted octanol–water partition coefficient (Wildman–Crippen LogP) is 5.17. The fraction of sp³-hybridized carbons (Fsp3) is 0.370. The van der Waals surface area contributed by atoms with Gasteiger partial charge in [-0.15, -0.1) is 0 Å². The first-order chi connectivity index (χ1) is 18.0. The molecular formula is C27H29ClFN5O3. The molecule has 2 aliphatic rings. The topological polar surface area (TPSA) is 88.6 Å². The number of rotatable bonds is 10. The van der Waals surface area contributed by atoms with Crippen molar-refractivity contribution < 1.29 is 18.7 Å². The Labute approximate surface area is 219 Å². The second-order valence-electron chi connectivity index (χ2n) is 9.44. The van der Waals surface area contributed by atoms with Crippen molar-refractivity contribution in [3.63, 3.8) is 0 Å². The monoisotopic (exact) mass is 525 g/mol. The summed E-state index contributed by atoms with van der Waals surface area (Å²) in [4.78, 5) is 23.7. The Bertz CT molecular complexity index is 1310. The first kappa shape index (κ1) is 25.4. The number of nitrogens with zero attached hydrogens (tertiary/aromatic N) is 3. The lowest BCUT2D eigenvalue weighted by Gasteiger charge is -2.20. The molecule has 1 saturated heterocycles. The minimum Gasteiger partial charge on any atom is -0.491 e. The van der Waals surface area contributed by atoms with Gasteiger partial charge in [-0.3, -0.25) is 9.69 Å². The van der Waals surface area contributed by atoms with Gasteiger partial charge in [0.1, 0.15) is 23.7 Å². The number of carbonyl (C=O) groups excluding carboxylic acids is 1. The molecule has 0 bridgehead atoms. The van der Waals surface area contributed by atoms with Crippen LogP contribution in [0.5, 0.6) is 5.75 Å². The average Bonchev–Trinajstić information content (AvgIpc) is 3.55. The number of hydrogen-bond donors (Lipinski definition) is 2. The second kappa shape index (κ2) is 11.4. The number of aromatic nitrogens is 2. The van der Waals surface area contributed by atoms with Crippen LogP contribution in [-0.2, 0) is 9.53 Å². The molecule has 8 nitrogen and oxygen atoms in total. The molecule has 1 aromatic heterocycles. The normalized spacial score (nSPS) is 17.6. The number of carbonyl (C=O) groups is 1. The Hall–Kier alpha value is -3.27. The molecule has 1 atom stereocenters. The third kappa shape index (κ3) is 6.54. The number of amides is 1. The molecule has 10 heteroatoms. The molecular weight excluding hydrogens is 497 g/mol. The Morgan fingerprint density at radius 2 is 2.14 bits per heavy atom. The van der Waals surface area contributed by atoms with E-state index in [1.165, 1.54) is 24.5 Å². The Kier molecular flexibility index (Phi) is 7.83. The quantitative estimate of drug-likeness (QED) is 0.353. The van der Waals surface area contributed by atoms with E-state index in [-0.39, 0.29) is 10.9 Å². The van der Waals surface area contributed by atoms with Crippen LogP contribution in [0.1, 0.15) is 19.3 Å². The molecule has 1 amide bonds. The molecule has 2 fully saturated rings. The maximum Gasteiger partial charge on any atom is 0.248 e. The van der Waals surface area contributed by atoms with Gasteiger partial charge in [0, 0.05) is 42.4 Å². The van der Waals surface area contributed by atoms with Crippen molar-refractivity contribution >= 4 is 45.6 Å². The van der Waals surface area contributed by atoms with Gasteiger partial charge in [0.25, 0.3) is 0 Å². The van der Waals surface area contributed by atoms with E-state index in [1.54, 1.807) is 18.2 Å². The largest absolute Gasteiger partial charge is 0.491 e. The van der Waals surface area contributed by atoms with Crippen LogP contribution in [0.25, 0.3) is 10.9 Å². The third-order valence-electron chi connectivity index (χ3n) is 6.54. The van der Waals surface area contributed by atoms with Gasteiger partial charge >= 0.3 is 0 Å². The Morgan fingerprint density at radius 1 is 1.27 bits per heavy atom. The van der Waals surface area contributed by atoms with Crippen LogP contribution in [-0.4, -0.2) is 60.2 Å². The Balaban J connectivity index is 1.37. The second-order valence-corrected chi connectivity index (χ2v) is 9.85. The highest BCUT2D eigenvalue weighted by atomic mass is 35.5. The van der Waals surface area contributed by atoms with E-state index in [4.69, 9.17) is 21.1 Å². The zero-order chi connectivity index (χ0) is 25.8. The van der Waals surface area contributed by atoms with Crippen LogP contribution < -0.4 is 15.4 Å². The molecule has 5 rings (SSSR count).